The van der Waals surface area contributed by atoms with Crippen LogP contribution in [0, 0.1) is 13.8 Å². The largest absolute Gasteiger partial charge is 0.333 e. The van der Waals surface area contributed by atoms with Crippen molar-refractivity contribution < 1.29 is 4.79 Å². The third-order valence-electron chi connectivity index (χ3n) is 4.07. The molecule has 0 aliphatic heterocycles. The van der Waals surface area contributed by atoms with Gasteiger partial charge in [0.2, 0.25) is 5.91 Å². The summed E-state index contributed by atoms with van der Waals surface area (Å²) >= 11 is 1.42. The molecule has 1 heterocycles. The van der Waals surface area contributed by atoms with Crippen molar-refractivity contribution in [3.8, 4) is 11.3 Å². The minimum atomic E-state index is -0.253. The number of benzene rings is 2. The molecule has 0 radical (unpaired) electrons. The number of H-pyrrole nitrogens is 1. The first-order valence-corrected chi connectivity index (χ1v) is 9.06. The summed E-state index contributed by atoms with van der Waals surface area (Å²) in [6.07, 6.45) is 1.80. The molecule has 2 aromatic carbocycles. The van der Waals surface area contributed by atoms with Gasteiger partial charge in [0.05, 0.1) is 17.1 Å². The monoisotopic (exact) mass is 351 g/mol. The third-order valence-corrected chi connectivity index (χ3v) is 5.07. The second-order valence-electron chi connectivity index (χ2n) is 6.02. The van der Waals surface area contributed by atoms with Crippen LogP contribution in [0.25, 0.3) is 11.3 Å². The molecule has 0 unspecified atom stereocenters. The molecule has 25 heavy (non-hydrogen) atoms. The number of thioether (sulfide) groups is 1. The predicted molar refractivity (Wildman–Crippen MR) is 104 cm³/mol. The Morgan fingerprint density at radius 2 is 1.88 bits per heavy atom. The second-order valence-corrected chi connectivity index (χ2v) is 7.35. The molecule has 0 aliphatic rings. The zero-order valence-electron chi connectivity index (χ0n) is 14.5. The predicted octanol–water partition coefficient (Wildman–Crippen LogP) is 4.81. The Kier molecular flexibility index (Phi) is 5.24. The lowest BCUT2D eigenvalue weighted by molar-refractivity contribution is -0.115. The van der Waals surface area contributed by atoms with Crippen LogP contribution in [0.15, 0.2) is 59.9 Å². The van der Waals surface area contributed by atoms with E-state index in [9.17, 15) is 4.79 Å². The first-order valence-electron chi connectivity index (χ1n) is 8.18. The van der Waals surface area contributed by atoms with Crippen molar-refractivity contribution in [1.29, 1.82) is 0 Å². The van der Waals surface area contributed by atoms with E-state index in [0.29, 0.717) is 0 Å². The highest BCUT2D eigenvalue weighted by atomic mass is 32.2. The summed E-state index contributed by atoms with van der Waals surface area (Å²) in [4.78, 5) is 20.1. The van der Waals surface area contributed by atoms with Crippen molar-refractivity contribution in [2.24, 2.45) is 0 Å². The zero-order valence-corrected chi connectivity index (χ0v) is 15.4. The van der Waals surface area contributed by atoms with E-state index >= 15 is 0 Å². The molecular weight excluding hydrogens is 330 g/mol. The summed E-state index contributed by atoms with van der Waals surface area (Å²) in [6, 6.07) is 15.9. The molecule has 0 aliphatic carbocycles. The van der Waals surface area contributed by atoms with Gasteiger partial charge in [0.15, 0.2) is 5.16 Å². The minimum absolute atomic E-state index is 0.0362. The smallest absolute Gasteiger partial charge is 0.237 e. The Morgan fingerprint density at radius 1 is 1.12 bits per heavy atom. The molecule has 0 saturated carbocycles. The summed E-state index contributed by atoms with van der Waals surface area (Å²) < 4.78 is 0. The standard InChI is InChI=1S/C20H21N3OS/c1-13-9-10-17(11-14(13)2)22-19(24)15(3)25-20-21-12-18(23-20)16-7-5-4-6-8-16/h4-12,15H,1-3H3,(H,21,23)(H,22,24)/t15-/m0/s1. The average molecular weight is 351 g/mol. The summed E-state index contributed by atoms with van der Waals surface area (Å²) in [5.74, 6) is -0.0362. The molecule has 5 heteroatoms. The maximum absolute atomic E-state index is 12.4. The number of carbonyl (C=O) groups is 1. The highest BCUT2D eigenvalue weighted by molar-refractivity contribution is 8.00. The van der Waals surface area contributed by atoms with Crippen LogP contribution in [0.4, 0.5) is 5.69 Å². The Labute approximate surface area is 152 Å². The van der Waals surface area contributed by atoms with Crippen LogP contribution in [0.3, 0.4) is 0 Å². The van der Waals surface area contributed by atoms with Crippen LogP contribution >= 0.6 is 11.8 Å². The lowest BCUT2D eigenvalue weighted by Crippen LogP contribution is -2.22. The van der Waals surface area contributed by atoms with Gasteiger partial charge in [-0.1, -0.05) is 48.2 Å². The van der Waals surface area contributed by atoms with Crippen molar-refractivity contribution in [3.05, 3.63) is 65.9 Å². The molecule has 4 nitrogen and oxygen atoms in total. The molecule has 1 aromatic heterocycles. The van der Waals surface area contributed by atoms with E-state index < -0.39 is 0 Å². The van der Waals surface area contributed by atoms with Crippen LogP contribution in [0.5, 0.6) is 0 Å². The molecule has 0 saturated heterocycles. The molecule has 0 fully saturated rings. The van der Waals surface area contributed by atoms with Crippen LogP contribution in [-0.2, 0) is 4.79 Å². The van der Waals surface area contributed by atoms with E-state index in [2.05, 4.69) is 22.2 Å². The number of carbonyl (C=O) groups excluding carboxylic acids is 1. The summed E-state index contributed by atoms with van der Waals surface area (Å²) in [5.41, 5.74) is 5.23. The normalized spacial score (nSPS) is 12.0. The average Bonchev–Trinajstić information content (AvgIpc) is 3.07. The van der Waals surface area contributed by atoms with Gasteiger partial charge in [0.25, 0.3) is 0 Å². The van der Waals surface area contributed by atoms with E-state index in [1.54, 1.807) is 6.20 Å². The summed E-state index contributed by atoms with van der Waals surface area (Å²) in [6.45, 7) is 5.98. The third kappa shape index (κ3) is 4.31. The maximum atomic E-state index is 12.4. The fraction of sp³-hybridized carbons (Fsp3) is 0.200. The molecule has 2 N–H and O–H groups in total. The quantitative estimate of drug-likeness (QED) is 0.648. The van der Waals surface area contributed by atoms with Gasteiger partial charge in [-0.25, -0.2) is 4.98 Å². The van der Waals surface area contributed by atoms with Gasteiger partial charge in [-0.2, -0.15) is 0 Å². The Balaban J connectivity index is 1.63. The number of nitrogens with zero attached hydrogens (tertiary/aromatic N) is 1. The lowest BCUT2D eigenvalue weighted by Gasteiger charge is -2.11. The first kappa shape index (κ1) is 17.3. The van der Waals surface area contributed by atoms with Gasteiger partial charge in [0, 0.05) is 5.69 Å². The number of rotatable bonds is 5. The van der Waals surface area contributed by atoms with E-state index in [1.807, 2.05) is 62.4 Å². The highest BCUT2D eigenvalue weighted by Gasteiger charge is 2.17. The number of anilines is 1. The van der Waals surface area contributed by atoms with Crippen LogP contribution in [0.2, 0.25) is 0 Å². The van der Waals surface area contributed by atoms with Crippen LogP contribution < -0.4 is 5.32 Å². The Hall–Kier alpha value is -2.53. The van der Waals surface area contributed by atoms with Gasteiger partial charge >= 0.3 is 0 Å². The van der Waals surface area contributed by atoms with E-state index in [-0.39, 0.29) is 11.2 Å². The van der Waals surface area contributed by atoms with E-state index in [0.717, 1.165) is 27.7 Å². The number of nitrogens with one attached hydrogen (secondary N) is 2. The zero-order chi connectivity index (χ0) is 17.8. The van der Waals surface area contributed by atoms with Gasteiger partial charge in [-0.15, -0.1) is 0 Å². The van der Waals surface area contributed by atoms with Crippen molar-refractivity contribution in [1.82, 2.24) is 9.97 Å². The lowest BCUT2D eigenvalue weighted by atomic mass is 10.1. The maximum Gasteiger partial charge on any atom is 0.237 e. The molecular formula is C20H21N3OS. The molecule has 1 amide bonds. The molecule has 3 aromatic rings. The molecule has 128 valence electrons. The fourth-order valence-corrected chi connectivity index (χ4v) is 3.19. The SMILES string of the molecule is Cc1ccc(NC(=O)[C@H](C)Sc2ncc(-c3ccccc3)[nH]2)cc1C. The highest BCUT2D eigenvalue weighted by Crippen LogP contribution is 2.25. The van der Waals surface area contributed by atoms with Crippen molar-refractivity contribution in [2.45, 2.75) is 31.2 Å². The van der Waals surface area contributed by atoms with Crippen molar-refractivity contribution >= 4 is 23.4 Å². The summed E-state index contributed by atoms with van der Waals surface area (Å²) in [7, 11) is 0. The molecule has 0 bridgehead atoms. The number of hydrogen-bond donors (Lipinski definition) is 2. The number of aromatic nitrogens is 2. The summed E-state index contributed by atoms with van der Waals surface area (Å²) in [5, 5.41) is 3.45. The number of aromatic amines is 1. The van der Waals surface area contributed by atoms with Gasteiger partial charge in [-0.05, 0) is 49.6 Å². The van der Waals surface area contributed by atoms with Gasteiger partial charge < -0.3 is 10.3 Å². The number of aryl methyl sites for hydroxylation is 2. The second kappa shape index (κ2) is 7.57. The minimum Gasteiger partial charge on any atom is -0.333 e. The Bertz CT molecular complexity index is 874. The molecule has 0 spiro atoms. The first-order chi connectivity index (χ1) is 12.0. The van der Waals surface area contributed by atoms with E-state index in [4.69, 9.17) is 0 Å². The number of hydrogen-bond acceptors (Lipinski definition) is 3. The van der Waals surface area contributed by atoms with Crippen LogP contribution in [0.1, 0.15) is 18.1 Å². The van der Waals surface area contributed by atoms with Crippen molar-refractivity contribution in [3.63, 3.8) is 0 Å². The van der Waals surface area contributed by atoms with Crippen molar-refractivity contribution in [2.75, 3.05) is 5.32 Å². The number of amides is 1. The Morgan fingerprint density at radius 3 is 2.60 bits per heavy atom. The fourth-order valence-electron chi connectivity index (χ4n) is 2.41. The topological polar surface area (TPSA) is 57.8 Å². The molecule has 1 atom stereocenters. The number of imidazole rings is 1. The van der Waals surface area contributed by atoms with E-state index in [1.165, 1.54) is 17.3 Å². The van der Waals surface area contributed by atoms with Gasteiger partial charge in [0.1, 0.15) is 0 Å². The van der Waals surface area contributed by atoms with Gasteiger partial charge in [-0.3, -0.25) is 4.79 Å². The molecule has 3 rings (SSSR count). The van der Waals surface area contributed by atoms with Crippen LogP contribution in [-0.4, -0.2) is 21.1 Å².